The van der Waals surface area contributed by atoms with Gasteiger partial charge in [0.05, 0.1) is 4.90 Å². The molecule has 31 heavy (non-hydrogen) atoms. The van der Waals surface area contributed by atoms with E-state index in [2.05, 4.69) is 10.0 Å². The molecular weight excluding hydrogens is 421 g/mol. The molecule has 0 bridgehead atoms. The molecule has 3 aromatic carbocycles. The highest BCUT2D eigenvalue weighted by Gasteiger charge is 2.17. The Bertz CT molecular complexity index is 1260. The summed E-state index contributed by atoms with van der Waals surface area (Å²) in [5.41, 5.74) is 6.98. The van der Waals surface area contributed by atoms with Crippen LogP contribution in [0.2, 0.25) is 0 Å². The molecule has 0 heterocycles. The minimum Gasteiger partial charge on any atom is -0.366 e. The van der Waals surface area contributed by atoms with Gasteiger partial charge in [-0.05, 0) is 60.5 Å². The van der Waals surface area contributed by atoms with Gasteiger partial charge in [0, 0.05) is 23.4 Å². The molecule has 2 amide bonds. The van der Waals surface area contributed by atoms with Crippen LogP contribution in [0.15, 0.2) is 71.6 Å². The summed E-state index contributed by atoms with van der Waals surface area (Å²) >= 11 is 0. The van der Waals surface area contributed by atoms with Crippen LogP contribution in [0.25, 0.3) is 0 Å². The van der Waals surface area contributed by atoms with Crippen molar-refractivity contribution in [3.8, 4) is 0 Å². The van der Waals surface area contributed by atoms with Crippen LogP contribution in [0.1, 0.15) is 31.8 Å². The molecule has 0 aliphatic heterocycles. The molecule has 0 saturated heterocycles. The predicted octanol–water partition coefficient (Wildman–Crippen LogP) is 2.96. The van der Waals surface area contributed by atoms with Crippen molar-refractivity contribution in [3.63, 3.8) is 0 Å². The number of carbonyl (C=O) groups excluding carboxylic acids is 2. The lowest BCUT2D eigenvalue weighted by molar-refractivity contribution is 0.0950. The van der Waals surface area contributed by atoms with E-state index in [0.29, 0.717) is 16.7 Å². The second-order valence-corrected chi connectivity index (χ2v) is 8.53. The fourth-order valence-electron chi connectivity index (χ4n) is 2.80. The second-order valence-electron chi connectivity index (χ2n) is 6.84. The van der Waals surface area contributed by atoms with Crippen molar-refractivity contribution in [1.82, 2.24) is 5.32 Å². The van der Waals surface area contributed by atoms with Gasteiger partial charge < -0.3 is 11.1 Å². The molecule has 0 aliphatic carbocycles. The topological polar surface area (TPSA) is 118 Å². The second kappa shape index (κ2) is 8.97. The molecule has 0 aliphatic rings. The highest BCUT2D eigenvalue weighted by Crippen LogP contribution is 2.19. The van der Waals surface area contributed by atoms with E-state index in [9.17, 15) is 22.4 Å². The zero-order valence-corrected chi connectivity index (χ0v) is 17.4. The largest absolute Gasteiger partial charge is 0.366 e. The van der Waals surface area contributed by atoms with Crippen LogP contribution >= 0.6 is 0 Å². The van der Waals surface area contributed by atoms with Crippen molar-refractivity contribution in [1.29, 1.82) is 0 Å². The van der Waals surface area contributed by atoms with Crippen LogP contribution in [0.3, 0.4) is 0 Å². The number of primary amides is 1. The van der Waals surface area contributed by atoms with Crippen LogP contribution in [0.4, 0.5) is 10.1 Å². The summed E-state index contributed by atoms with van der Waals surface area (Å²) in [6.45, 7) is 1.68. The number of carbonyl (C=O) groups is 2. The smallest absolute Gasteiger partial charge is 0.261 e. The lowest BCUT2D eigenvalue weighted by Crippen LogP contribution is -2.23. The number of nitrogens with two attached hydrogens (primary N) is 1. The molecule has 3 rings (SSSR count). The summed E-state index contributed by atoms with van der Waals surface area (Å²) in [4.78, 5) is 23.5. The van der Waals surface area contributed by atoms with Gasteiger partial charge in [-0.1, -0.05) is 24.3 Å². The standard InChI is InChI=1S/C22H20FN3O4S/c1-14-8-9-19(12-20(14)23)31(29,30)26-18-7-3-6-17(11-18)22(28)25-13-15-4-2-5-16(10-15)21(24)27/h2-12,26H,13H2,1H3,(H2,24,27)(H,25,28). The Morgan fingerprint density at radius 2 is 1.68 bits per heavy atom. The average molecular weight is 441 g/mol. The molecular formula is C22H20FN3O4S. The number of hydrogen-bond donors (Lipinski definition) is 3. The normalized spacial score (nSPS) is 11.0. The van der Waals surface area contributed by atoms with Gasteiger partial charge in [-0.15, -0.1) is 0 Å². The first kappa shape index (κ1) is 22.0. The third-order valence-electron chi connectivity index (χ3n) is 4.50. The average Bonchev–Trinajstić information content (AvgIpc) is 2.74. The highest BCUT2D eigenvalue weighted by molar-refractivity contribution is 7.92. The van der Waals surface area contributed by atoms with E-state index < -0.39 is 27.7 Å². The maximum atomic E-state index is 13.7. The monoisotopic (exact) mass is 441 g/mol. The first-order chi connectivity index (χ1) is 14.7. The third-order valence-corrected chi connectivity index (χ3v) is 5.87. The zero-order valence-electron chi connectivity index (χ0n) is 16.6. The molecule has 0 aromatic heterocycles. The molecule has 3 aromatic rings. The van der Waals surface area contributed by atoms with Crippen molar-refractivity contribution < 1.29 is 22.4 Å². The van der Waals surface area contributed by atoms with E-state index in [1.54, 1.807) is 24.3 Å². The molecule has 0 fully saturated rings. The number of amides is 2. The molecule has 7 nitrogen and oxygen atoms in total. The summed E-state index contributed by atoms with van der Waals surface area (Å²) in [5, 5.41) is 2.70. The first-order valence-corrected chi connectivity index (χ1v) is 10.7. The van der Waals surface area contributed by atoms with Gasteiger partial charge >= 0.3 is 0 Å². The fraction of sp³-hybridized carbons (Fsp3) is 0.0909. The fourth-order valence-corrected chi connectivity index (χ4v) is 3.86. The van der Waals surface area contributed by atoms with Crippen LogP contribution in [0, 0.1) is 12.7 Å². The predicted molar refractivity (Wildman–Crippen MR) is 115 cm³/mol. The molecule has 0 atom stereocenters. The maximum Gasteiger partial charge on any atom is 0.261 e. The van der Waals surface area contributed by atoms with Crippen LogP contribution in [0.5, 0.6) is 0 Å². The van der Waals surface area contributed by atoms with Gasteiger partial charge in [0.15, 0.2) is 0 Å². The van der Waals surface area contributed by atoms with E-state index in [4.69, 9.17) is 5.73 Å². The Kier molecular flexibility index (Phi) is 6.36. The number of benzene rings is 3. The number of nitrogens with one attached hydrogen (secondary N) is 2. The lowest BCUT2D eigenvalue weighted by atomic mass is 10.1. The van der Waals surface area contributed by atoms with Gasteiger partial charge in [0.2, 0.25) is 5.91 Å². The summed E-state index contributed by atoms with van der Waals surface area (Å²) in [6, 6.07) is 16.1. The minimum absolute atomic E-state index is 0.151. The van der Waals surface area contributed by atoms with Crippen LogP contribution in [-0.2, 0) is 16.6 Å². The molecule has 4 N–H and O–H groups in total. The van der Waals surface area contributed by atoms with E-state index >= 15 is 0 Å². The third kappa shape index (κ3) is 5.46. The summed E-state index contributed by atoms with van der Waals surface area (Å²) in [7, 11) is -4.03. The van der Waals surface area contributed by atoms with E-state index in [0.717, 1.165) is 6.07 Å². The molecule has 9 heteroatoms. The van der Waals surface area contributed by atoms with Gasteiger partial charge in [-0.2, -0.15) is 0 Å². The number of anilines is 1. The van der Waals surface area contributed by atoms with Gasteiger partial charge in [0.25, 0.3) is 15.9 Å². The summed E-state index contributed by atoms with van der Waals surface area (Å²) < 4.78 is 41.1. The van der Waals surface area contributed by atoms with Crippen molar-refractivity contribution in [2.24, 2.45) is 5.73 Å². The van der Waals surface area contributed by atoms with Crippen LogP contribution in [-0.4, -0.2) is 20.2 Å². The van der Waals surface area contributed by atoms with Crippen molar-refractivity contribution in [3.05, 3.63) is 94.8 Å². The SMILES string of the molecule is Cc1ccc(S(=O)(=O)Nc2cccc(C(=O)NCc3cccc(C(N)=O)c3)c2)cc1F. The number of hydrogen-bond acceptors (Lipinski definition) is 4. The van der Waals surface area contributed by atoms with Gasteiger partial charge in [-0.3, -0.25) is 14.3 Å². The molecule has 0 spiro atoms. The Balaban J connectivity index is 1.72. The Morgan fingerprint density at radius 3 is 2.39 bits per heavy atom. The van der Waals surface area contributed by atoms with Crippen molar-refractivity contribution >= 4 is 27.5 Å². The van der Waals surface area contributed by atoms with E-state index in [-0.39, 0.29) is 22.7 Å². The maximum absolute atomic E-state index is 13.7. The lowest BCUT2D eigenvalue weighted by Gasteiger charge is -2.11. The number of sulfonamides is 1. The summed E-state index contributed by atoms with van der Waals surface area (Å²) in [6.07, 6.45) is 0. The number of aryl methyl sites for hydroxylation is 1. The van der Waals surface area contributed by atoms with Gasteiger partial charge in [0.1, 0.15) is 5.82 Å². The Hall–Kier alpha value is -3.72. The van der Waals surface area contributed by atoms with Crippen molar-refractivity contribution in [2.75, 3.05) is 4.72 Å². The van der Waals surface area contributed by atoms with Gasteiger partial charge in [-0.25, -0.2) is 12.8 Å². The molecule has 160 valence electrons. The zero-order chi connectivity index (χ0) is 22.6. The minimum atomic E-state index is -4.03. The molecule has 0 unspecified atom stereocenters. The van der Waals surface area contributed by atoms with E-state index in [1.807, 2.05) is 0 Å². The van der Waals surface area contributed by atoms with E-state index in [1.165, 1.54) is 43.3 Å². The Morgan fingerprint density at radius 1 is 0.968 bits per heavy atom. The molecule has 0 saturated carbocycles. The summed E-state index contributed by atoms with van der Waals surface area (Å²) in [5.74, 6) is -1.63. The molecule has 0 radical (unpaired) electrons. The van der Waals surface area contributed by atoms with Crippen molar-refractivity contribution in [2.45, 2.75) is 18.4 Å². The highest BCUT2D eigenvalue weighted by atomic mass is 32.2. The number of rotatable bonds is 7. The quantitative estimate of drug-likeness (QED) is 0.522. The Labute approximate surface area is 179 Å². The first-order valence-electron chi connectivity index (χ1n) is 9.22. The van der Waals surface area contributed by atoms with Crippen LogP contribution < -0.4 is 15.8 Å². The number of halogens is 1.